The molecular formula is C18H28ClNO. The third-order valence-electron chi connectivity index (χ3n) is 4.19. The maximum atomic E-state index is 6.26. The molecule has 1 fully saturated rings. The maximum Gasteiger partial charge on any atom is 0.138 e. The predicted molar refractivity (Wildman–Crippen MR) is 91.4 cm³/mol. The quantitative estimate of drug-likeness (QED) is 0.721. The SMILES string of the molecule is CCOc1ccc(NC2CCCC(CC(C)C)C2)cc1Cl. The highest BCUT2D eigenvalue weighted by Gasteiger charge is 2.22. The van der Waals surface area contributed by atoms with Crippen molar-refractivity contribution in [2.24, 2.45) is 11.8 Å². The first-order valence-corrected chi connectivity index (χ1v) is 8.65. The average Bonchev–Trinajstić information content (AvgIpc) is 2.42. The summed E-state index contributed by atoms with van der Waals surface area (Å²) in [6.07, 6.45) is 6.62. The molecule has 1 aliphatic carbocycles. The van der Waals surface area contributed by atoms with Gasteiger partial charge in [-0.05, 0) is 56.2 Å². The minimum Gasteiger partial charge on any atom is -0.492 e. The summed E-state index contributed by atoms with van der Waals surface area (Å²) in [4.78, 5) is 0. The Bertz CT molecular complexity index is 447. The fourth-order valence-corrected chi connectivity index (χ4v) is 3.64. The lowest BCUT2D eigenvalue weighted by atomic mass is 9.81. The van der Waals surface area contributed by atoms with Crippen LogP contribution in [0.5, 0.6) is 5.75 Å². The van der Waals surface area contributed by atoms with Crippen LogP contribution >= 0.6 is 11.6 Å². The fourth-order valence-electron chi connectivity index (χ4n) is 3.40. The van der Waals surface area contributed by atoms with Crippen LogP contribution in [0.2, 0.25) is 5.02 Å². The van der Waals surface area contributed by atoms with Gasteiger partial charge in [-0.3, -0.25) is 0 Å². The van der Waals surface area contributed by atoms with Gasteiger partial charge in [0.05, 0.1) is 11.6 Å². The summed E-state index contributed by atoms with van der Waals surface area (Å²) in [5.74, 6) is 2.44. The van der Waals surface area contributed by atoms with Crippen LogP contribution < -0.4 is 10.1 Å². The average molecular weight is 310 g/mol. The molecule has 0 amide bonds. The highest BCUT2D eigenvalue weighted by atomic mass is 35.5. The lowest BCUT2D eigenvalue weighted by molar-refractivity contribution is 0.289. The Morgan fingerprint density at radius 1 is 1.33 bits per heavy atom. The van der Waals surface area contributed by atoms with E-state index in [0.29, 0.717) is 17.7 Å². The number of ether oxygens (including phenoxy) is 1. The van der Waals surface area contributed by atoms with Crippen molar-refractivity contribution < 1.29 is 4.74 Å². The van der Waals surface area contributed by atoms with Crippen LogP contribution in [-0.4, -0.2) is 12.6 Å². The second kappa shape index (κ2) is 7.93. The Kier molecular flexibility index (Phi) is 6.22. The summed E-state index contributed by atoms with van der Waals surface area (Å²) in [6, 6.07) is 6.60. The summed E-state index contributed by atoms with van der Waals surface area (Å²) < 4.78 is 5.48. The molecule has 0 radical (unpaired) electrons. The zero-order chi connectivity index (χ0) is 15.2. The predicted octanol–water partition coefficient (Wildman–Crippen LogP) is 5.76. The van der Waals surface area contributed by atoms with E-state index in [-0.39, 0.29) is 0 Å². The van der Waals surface area contributed by atoms with Crippen LogP contribution in [-0.2, 0) is 0 Å². The standard InChI is InChI=1S/C18H28ClNO/c1-4-21-18-9-8-16(12-17(18)19)20-15-7-5-6-14(11-15)10-13(2)3/h8-9,12-15,20H,4-7,10-11H2,1-3H3. The molecule has 2 atom stereocenters. The minimum absolute atomic E-state index is 0.580. The number of hydrogen-bond acceptors (Lipinski definition) is 2. The van der Waals surface area contributed by atoms with Gasteiger partial charge in [-0.15, -0.1) is 0 Å². The summed E-state index contributed by atoms with van der Waals surface area (Å²) in [7, 11) is 0. The lowest BCUT2D eigenvalue weighted by Gasteiger charge is -2.31. The molecule has 0 bridgehead atoms. The Morgan fingerprint density at radius 2 is 2.14 bits per heavy atom. The second-order valence-electron chi connectivity index (χ2n) is 6.58. The van der Waals surface area contributed by atoms with Crippen molar-refractivity contribution in [3.63, 3.8) is 0 Å². The maximum absolute atomic E-state index is 6.26. The Balaban J connectivity index is 1.93. The van der Waals surface area contributed by atoms with E-state index < -0.39 is 0 Å². The highest BCUT2D eigenvalue weighted by molar-refractivity contribution is 6.32. The molecule has 2 rings (SSSR count). The zero-order valence-electron chi connectivity index (χ0n) is 13.5. The molecule has 21 heavy (non-hydrogen) atoms. The second-order valence-corrected chi connectivity index (χ2v) is 6.99. The number of hydrogen-bond donors (Lipinski definition) is 1. The summed E-state index contributed by atoms with van der Waals surface area (Å²) in [5, 5.41) is 4.35. The van der Waals surface area contributed by atoms with Crippen LogP contribution in [0, 0.1) is 11.8 Å². The molecule has 118 valence electrons. The molecule has 0 saturated heterocycles. The van der Waals surface area contributed by atoms with Gasteiger partial charge in [0.25, 0.3) is 0 Å². The Hall–Kier alpha value is -0.890. The first-order valence-electron chi connectivity index (χ1n) is 8.27. The van der Waals surface area contributed by atoms with Crippen LogP contribution in [0.4, 0.5) is 5.69 Å². The monoisotopic (exact) mass is 309 g/mol. The lowest BCUT2D eigenvalue weighted by Crippen LogP contribution is -2.27. The third kappa shape index (κ3) is 5.10. The largest absolute Gasteiger partial charge is 0.492 e. The van der Waals surface area contributed by atoms with Crippen molar-refractivity contribution in [1.29, 1.82) is 0 Å². The van der Waals surface area contributed by atoms with Gasteiger partial charge in [-0.25, -0.2) is 0 Å². The smallest absolute Gasteiger partial charge is 0.138 e. The summed E-state index contributed by atoms with van der Waals surface area (Å²) in [5.41, 5.74) is 1.11. The van der Waals surface area contributed by atoms with E-state index in [1.54, 1.807) is 0 Å². The van der Waals surface area contributed by atoms with E-state index >= 15 is 0 Å². The van der Waals surface area contributed by atoms with E-state index in [9.17, 15) is 0 Å². The van der Waals surface area contributed by atoms with Gasteiger partial charge in [0, 0.05) is 11.7 Å². The van der Waals surface area contributed by atoms with Crippen molar-refractivity contribution in [2.45, 2.75) is 58.9 Å². The summed E-state index contributed by atoms with van der Waals surface area (Å²) >= 11 is 6.26. The normalized spacial score (nSPS) is 22.3. The van der Waals surface area contributed by atoms with Gasteiger partial charge in [-0.2, -0.15) is 0 Å². The first-order chi connectivity index (χ1) is 10.1. The molecule has 0 heterocycles. The molecule has 1 saturated carbocycles. The van der Waals surface area contributed by atoms with Gasteiger partial charge >= 0.3 is 0 Å². The van der Waals surface area contributed by atoms with Crippen molar-refractivity contribution in [3.05, 3.63) is 23.2 Å². The number of benzene rings is 1. The number of anilines is 1. The third-order valence-corrected chi connectivity index (χ3v) is 4.49. The zero-order valence-corrected chi connectivity index (χ0v) is 14.2. The summed E-state index contributed by atoms with van der Waals surface area (Å²) in [6.45, 7) is 7.26. The molecule has 3 heteroatoms. The highest BCUT2D eigenvalue weighted by Crippen LogP contribution is 2.33. The van der Waals surface area contributed by atoms with Gasteiger partial charge in [-0.1, -0.05) is 38.3 Å². The van der Waals surface area contributed by atoms with Crippen molar-refractivity contribution in [3.8, 4) is 5.75 Å². The van der Waals surface area contributed by atoms with Crippen LogP contribution in [0.15, 0.2) is 18.2 Å². The fraction of sp³-hybridized carbons (Fsp3) is 0.667. The van der Waals surface area contributed by atoms with Crippen LogP contribution in [0.3, 0.4) is 0 Å². The van der Waals surface area contributed by atoms with E-state index in [4.69, 9.17) is 16.3 Å². The number of nitrogens with one attached hydrogen (secondary N) is 1. The topological polar surface area (TPSA) is 21.3 Å². The molecule has 0 spiro atoms. The number of halogens is 1. The Morgan fingerprint density at radius 3 is 2.81 bits per heavy atom. The first kappa shape index (κ1) is 16.5. The minimum atomic E-state index is 0.580. The molecule has 0 aromatic heterocycles. The molecule has 1 aromatic carbocycles. The van der Waals surface area contributed by atoms with E-state index in [1.165, 1.54) is 32.1 Å². The van der Waals surface area contributed by atoms with E-state index in [2.05, 4.69) is 25.2 Å². The molecule has 2 nitrogen and oxygen atoms in total. The van der Waals surface area contributed by atoms with Crippen LogP contribution in [0.1, 0.15) is 52.9 Å². The molecule has 1 aliphatic rings. The van der Waals surface area contributed by atoms with Gasteiger partial charge in [0.1, 0.15) is 5.75 Å². The van der Waals surface area contributed by atoms with Crippen molar-refractivity contribution in [2.75, 3.05) is 11.9 Å². The van der Waals surface area contributed by atoms with Gasteiger partial charge in [0.2, 0.25) is 0 Å². The molecular weight excluding hydrogens is 282 g/mol. The molecule has 1 aromatic rings. The van der Waals surface area contributed by atoms with E-state index in [1.807, 2.05) is 19.1 Å². The van der Waals surface area contributed by atoms with Crippen LogP contribution in [0.25, 0.3) is 0 Å². The Labute approximate surface area is 134 Å². The molecule has 0 aliphatic heterocycles. The molecule has 1 N–H and O–H groups in total. The van der Waals surface area contributed by atoms with Gasteiger partial charge < -0.3 is 10.1 Å². The van der Waals surface area contributed by atoms with Crippen molar-refractivity contribution >= 4 is 17.3 Å². The molecule has 2 unspecified atom stereocenters. The van der Waals surface area contributed by atoms with E-state index in [0.717, 1.165) is 23.3 Å². The van der Waals surface area contributed by atoms with Gasteiger partial charge in [0.15, 0.2) is 0 Å². The number of rotatable bonds is 6. The van der Waals surface area contributed by atoms with Crippen molar-refractivity contribution in [1.82, 2.24) is 0 Å².